The van der Waals surface area contributed by atoms with Crippen LogP contribution >= 0.6 is 23.2 Å². The number of carbonyl (C=O) groups is 1. The molecule has 0 aliphatic rings. The Bertz CT molecular complexity index is 549. The van der Waals surface area contributed by atoms with Crippen molar-refractivity contribution in [2.75, 3.05) is 22.6 Å². The van der Waals surface area contributed by atoms with Gasteiger partial charge < -0.3 is 11.1 Å². The molecule has 1 rings (SSSR count). The molecular weight excluding hydrogens is 299 g/mol. The van der Waals surface area contributed by atoms with Crippen molar-refractivity contribution in [1.82, 2.24) is 0 Å². The normalized spacial score (nSPS) is 11.3. The lowest BCUT2D eigenvalue weighted by molar-refractivity contribution is -0.113. The zero-order valence-electron chi connectivity index (χ0n) is 9.54. The van der Waals surface area contributed by atoms with E-state index in [-0.39, 0.29) is 21.5 Å². The summed E-state index contributed by atoms with van der Waals surface area (Å²) in [6, 6.07) is 2.83. The van der Waals surface area contributed by atoms with Gasteiger partial charge in [-0.25, -0.2) is 8.42 Å². The van der Waals surface area contributed by atoms with Crippen LogP contribution in [0.2, 0.25) is 10.0 Å². The number of rotatable bonds is 4. The number of benzene rings is 1. The molecule has 3 N–H and O–H groups in total. The van der Waals surface area contributed by atoms with Gasteiger partial charge in [-0.1, -0.05) is 30.1 Å². The predicted molar refractivity (Wildman–Crippen MR) is 73.8 cm³/mol. The maximum absolute atomic E-state index is 11.5. The van der Waals surface area contributed by atoms with Gasteiger partial charge in [0.25, 0.3) is 0 Å². The minimum absolute atomic E-state index is 0.108. The summed E-state index contributed by atoms with van der Waals surface area (Å²) < 4.78 is 22.6. The monoisotopic (exact) mass is 310 g/mol. The van der Waals surface area contributed by atoms with Crippen LogP contribution < -0.4 is 11.1 Å². The summed E-state index contributed by atoms with van der Waals surface area (Å²) in [4.78, 5) is 11.5. The molecule has 1 aromatic carbocycles. The average molecular weight is 311 g/mol. The van der Waals surface area contributed by atoms with Crippen LogP contribution in [0.4, 0.5) is 11.4 Å². The molecule has 0 saturated heterocycles. The first-order valence-corrected chi connectivity index (χ1v) is 7.57. The van der Waals surface area contributed by atoms with E-state index in [2.05, 4.69) is 5.32 Å². The lowest BCUT2D eigenvalue weighted by Gasteiger charge is -2.10. The van der Waals surface area contributed by atoms with E-state index in [0.29, 0.717) is 5.69 Å². The third-order valence-electron chi connectivity index (χ3n) is 2.12. The van der Waals surface area contributed by atoms with Gasteiger partial charge in [0.15, 0.2) is 9.84 Å². The van der Waals surface area contributed by atoms with Gasteiger partial charge in [0, 0.05) is 11.4 Å². The van der Waals surface area contributed by atoms with Crippen LogP contribution in [0, 0.1) is 0 Å². The van der Waals surface area contributed by atoms with Crippen LogP contribution in [-0.4, -0.2) is 25.8 Å². The molecule has 0 aliphatic heterocycles. The second-order valence-electron chi connectivity index (χ2n) is 3.58. The molecule has 0 radical (unpaired) electrons. The molecule has 0 bridgehead atoms. The summed E-state index contributed by atoms with van der Waals surface area (Å²) in [7, 11) is -3.40. The van der Waals surface area contributed by atoms with E-state index >= 15 is 0 Å². The molecule has 1 aromatic rings. The zero-order chi connectivity index (χ0) is 13.9. The molecule has 1 amide bonds. The Hall–Kier alpha value is -0.980. The number of sulfone groups is 1. The molecule has 0 saturated carbocycles. The average Bonchev–Trinajstić information content (AvgIpc) is 2.22. The predicted octanol–water partition coefficient (Wildman–Crippen LogP) is 1.95. The number of carbonyl (C=O) groups excluding carboxylic acids is 1. The van der Waals surface area contributed by atoms with Gasteiger partial charge in [0.05, 0.1) is 15.7 Å². The van der Waals surface area contributed by atoms with Crippen molar-refractivity contribution in [2.45, 2.75) is 6.92 Å². The van der Waals surface area contributed by atoms with Gasteiger partial charge in [-0.3, -0.25) is 4.79 Å². The molecule has 0 unspecified atom stereocenters. The summed E-state index contributed by atoms with van der Waals surface area (Å²) in [5.41, 5.74) is 6.01. The number of halogens is 2. The Morgan fingerprint density at radius 2 is 1.83 bits per heavy atom. The Labute approximate surface area is 115 Å². The van der Waals surface area contributed by atoms with Crippen molar-refractivity contribution >= 4 is 50.3 Å². The van der Waals surface area contributed by atoms with Crippen molar-refractivity contribution in [3.63, 3.8) is 0 Å². The first kappa shape index (κ1) is 15.1. The lowest BCUT2D eigenvalue weighted by atomic mass is 10.3. The molecule has 0 spiro atoms. The Morgan fingerprint density at radius 1 is 1.33 bits per heavy atom. The summed E-state index contributed by atoms with van der Waals surface area (Å²) in [6.07, 6.45) is 0. The smallest absolute Gasteiger partial charge is 0.239 e. The highest BCUT2D eigenvalue weighted by Crippen LogP contribution is 2.32. The van der Waals surface area contributed by atoms with Crippen LogP contribution in [-0.2, 0) is 14.6 Å². The van der Waals surface area contributed by atoms with Crippen molar-refractivity contribution in [3.8, 4) is 0 Å². The number of anilines is 2. The number of nitrogens with one attached hydrogen (secondary N) is 1. The van der Waals surface area contributed by atoms with E-state index in [9.17, 15) is 13.2 Å². The van der Waals surface area contributed by atoms with Gasteiger partial charge in [-0.05, 0) is 12.1 Å². The minimum Gasteiger partial charge on any atom is -0.399 e. The fraction of sp³-hybridized carbons (Fsp3) is 0.300. The second-order valence-corrected chi connectivity index (χ2v) is 6.75. The van der Waals surface area contributed by atoms with Crippen molar-refractivity contribution < 1.29 is 13.2 Å². The molecule has 8 heteroatoms. The number of nitrogen functional groups attached to an aromatic ring is 1. The van der Waals surface area contributed by atoms with Crippen LogP contribution in [0.15, 0.2) is 12.1 Å². The second kappa shape index (κ2) is 5.77. The van der Waals surface area contributed by atoms with Crippen LogP contribution in [0.5, 0.6) is 0 Å². The molecule has 0 aromatic heterocycles. The van der Waals surface area contributed by atoms with Gasteiger partial charge in [-0.15, -0.1) is 0 Å². The number of amides is 1. The molecule has 0 aliphatic carbocycles. The molecular formula is C10H12Cl2N2O3S. The third kappa shape index (κ3) is 4.04. The fourth-order valence-electron chi connectivity index (χ4n) is 1.19. The number of hydrogen-bond donors (Lipinski definition) is 2. The molecule has 0 atom stereocenters. The van der Waals surface area contributed by atoms with E-state index < -0.39 is 21.5 Å². The minimum atomic E-state index is -3.40. The van der Waals surface area contributed by atoms with Gasteiger partial charge in [0.1, 0.15) is 5.75 Å². The SMILES string of the molecule is CCS(=O)(=O)CC(=O)Nc1c(Cl)cc(N)cc1Cl. The Morgan fingerprint density at radius 3 is 2.28 bits per heavy atom. The van der Waals surface area contributed by atoms with E-state index in [0.717, 1.165) is 0 Å². The highest BCUT2D eigenvalue weighted by atomic mass is 35.5. The number of hydrogen-bond acceptors (Lipinski definition) is 4. The summed E-state index contributed by atoms with van der Waals surface area (Å²) in [5.74, 6) is -1.41. The maximum Gasteiger partial charge on any atom is 0.239 e. The number of nitrogens with two attached hydrogens (primary N) is 1. The molecule has 5 nitrogen and oxygen atoms in total. The van der Waals surface area contributed by atoms with E-state index in [4.69, 9.17) is 28.9 Å². The highest BCUT2D eigenvalue weighted by Gasteiger charge is 2.17. The summed E-state index contributed by atoms with van der Waals surface area (Å²) >= 11 is 11.7. The van der Waals surface area contributed by atoms with Crippen molar-refractivity contribution in [1.29, 1.82) is 0 Å². The fourth-order valence-corrected chi connectivity index (χ4v) is 2.46. The zero-order valence-corrected chi connectivity index (χ0v) is 11.9. The summed E-state index contributed by atoms with van der Waals surface area (Å²) in [5, 5.41) is 2.67. The van der Waals surface area contributed by atoms with E-state index in [1.54, 1.807) is 0 Å². The van der Waals surface area contributed by atoms with E-state index in [1.165, 1.54) is 19.1 Å². The lowest BCUT2D eigenvalue weighted by Crippen LogP contribution is -2.24. The highest BCUT2D eigenvalue weighted by molar-refractivity contribution is 7.92. The van der Waals surface area contributed by atoms with Crippen LogP contribution in [0.3, 0.4) is 0 Å². The van der Waals surface area contributed by atoms with Gasteiger partial charge >= 0.3 is 0 Å². The van der Waals surface area contributed by atoms with Crippen LogP contribution in [0.1, 0.15) is 6.92 Å². The standard InChI is InChI=1S/C10H12Cl2N2O3S/c1-2-18(16,17)5-9(15)14-10-7(11)3-6(13)4-8(10)12/h3-4H,2,5,13H2,1H3,(H,14,15). The van der Waals surface area contributed by atoms with E-state index in [1.807, 2.05) is 0 Å². The maximum atomic E-state index is 11.5. The molecule has 0 heterocycles. The van der Waals surface area contributed by atoms with Gasteiger partial charge in [0.2, 0.25) is 5.91 Å². The quantitative estimate of drug-likeness (QED) is 0.832. The first-order valence-electron chi connectivity index (χ1n) is 5.00. The Kier molecular flexibility index (Phi) is 4.84. The topological polar surface area (TPSA) is 89.3 Å². The third-order valence-corrected chi connectivity index (χ3v) is 4.30. The van der Waals surface area contributed by atoms with Crippen molar-refractivity contribution in [2.24, 2.45) is 0 Å². The summed E-state index contributed by atoms with van der Waals surface area (Å²) in [6.45, 7) is 1.46. The molecule has 100 valence electrons. The largest absolute Gasteiger partial charge is 0.399 e. The first-order chi connectivity index (χ1) is 8.25. The molecule has 18 heavy (non-hydrogen) atoms. The molecule has 0 fully saturated rings. The van der Waals surface area contributed by atoms with Crippen molar-refractivity contribution in [3.05, 3.63) is 22.2 Å². The van der Waals surface area contributed by atoms with Crippen LogP contribution in [0.25, 0.3) is 0 Å². The Balaban J connectivity index is 2.90. The van der Waals surface area contributed by atoms with Gasteiger partial charge in [-0.2, -0.15) is 0 Å².